The summed E-state index contributed by atoms with van der Waals surface area (Å²) in [5, 5.41) is 5.69. The lowest BCUT2D eigenvalue weighted by Gasteiger charge is -2.38. The average molecular weight is 528 g/mol. The molecule has 202 valence electrons. The molecule has 37 heavy (non-hydrogen) atoms. The lowest BCUT2D eigenvalue weighted by molar-refractivity contribution is -0.143. The minimum Gasteiger partial charge on any atom is -0.444 e. The highest BCUT2D eigenvalue weighted by Crippen LogP contribution is 2.31. The summed E-state index contributed by atoms with van der Waals surface area (Å²) in [5.41, 5.74) is 3.46. The van der Waals surface area contributed by atoms with E-state index in [2.05, 4.69) is 23.3 Å². The van der Waals surface area contributed by atoms with Crippen LogP contribution in [0.4, 0.5) is 10.5 Å². The summed E-state index contributed by atoms with van der Waals surface area (Å²) in [6.07, 6.45) is -0.104. The van der Waals surface area contributed by atoms with E-state index in [4.69, 9.17) is 4.74 Å². The molecule has 0 saturated heterocycles. The number of thiol groups is 1. The van der Waals surface area contributed by atoms with Crippen LogP contribution in [0.1, 0.15) is 69.3 Å². The highest BCUT2D eigenvalue weighted by Gasteiger charge is 2.39. The molecule has 2 aromatic rings. The molecule has 3 amide bonds. The summed E-state index contributed by atoms with van der Waals surface area (Å²) in [7, 11) is 0. The van der Waals surface area contributed by atoms with Crippen LogP contribution in [0.15, 0.2) is 42.5 Å². The highest BCUT2D eigenvalue weighted by atomic mass is 32.1. The molecule has 7 nitrogen and oxygen atoms in total. The smallest absolute Gasteiger partial charge is 0.408 e. The lowest BCUT2D eigenvalue weighted by Crippen LogP contribution is -2.55. The molecule has 0 aromatic heterocycles. The van der Waals surface area contributed by atoms with E-state index in [-0.39, 0.29) is 17.7 Å². The van der Waals surface area contributed by atoms with Gasteiger partial charge >= 0.3 is 6.09 Å². The number of carbonyl (C=O) groups is 3. The van der Waals surface area contributed by atoms with Crippen LogP contribution in [-0.2, 0) is 14.3 Å². The molecule has 3 atom stereocenters. The van der Waals surface area contributed by atoms with Crippen LogP contribution in [0.2, 0.25) is 0 Å². The van der Waals surface area contributed by atoms with Crippen molar-refractivity contribution >= 4 is 36.2 Å². The van der Waals surface area contributed by atoms with Crippen LogP contribution in [0, 0.1) is 20.8 Å². The predicted octanol–water partition coefficient (Wildman–Crippen LogP) is 5.74. The van der Waals surface area contributed by atoms with E-state index in [0.29, 0.717) is 12.1 Å². The van der Waals surface area contributed by atoms with Gasteiger partial charge in [0.15, 0.2) is 0 Å². The van der Waals surface area contributed by atoms with Gasteiger partial charge in [-0.05, 0) is 77.6 Å². The van der Waals surface area contributed by atoms with E-state index >= 15 is 0 Å². The SMILES string of the molecule is CCC(C)N(C(=O)C(CS)NC(=O)OC(C)(C)C)C(C(=O)Nc1ccccc1C)c1cc(C)ccc1C. The number of carbonyl (C=O) groups excluding carboxylic acids is 3. The van der Waals surface area contributed by atoms with Gasteiger partial charge in [-0.3, -0.25) is 9.59 Å². The van der Waals surface area contributed by atoms with Gasteiger partial charge in [-0.15, -0.1) is 0 Å². The summed E-state index contributed by atoms with van der Waals surface area (Å²) in [4.78, 5) is 42.1. The minimum absolute atomic E-state index is 0.0456. The first-order valence-electron chi connectivity index (χ1n) is 12.6. The Hall–Kier alpha value is -3.00. The first kappa shape index (κ1) is 30.2. The van der Waals surface area contributed by atoms with Gasteiger partial charge in [0.1, 0.15) is 17.7 Å². The van der Waals surface area contributed by atoms with Gasteiger partial charge in [0.25, 0.3) is 5.91 Å². The molecule has 0 aliphatic rings. The average Bonchev–Trinajstić information content (AvgIpc) is 2.82. The summed E-state index contributed by atoms with van der Waals surface area (Å²) in [6, 6.07) is 11.2. The molecule has 0 bridgehead atoms. The lowest BCUT2D eigenvalue weighted by atomic mass is 9.94. The highest BCUT2D eigenvalue weighted by molar-refractivity contribution is 7.80. The van der Waals surface area contributed by atoms with Crippen molar-refractivity contribution in [1.29, 1.82) is 0 Å². The molecular formula is C29H41N3O4S. The summed E-state index contributed by atoms with van der Waals surface area (Å²) < 4.78 is 5.37. The van der Waals surface area contributed by atoms with Crippen molar-refractivity contribution in [3.05, 3.63) is 64.7 Å². The zero-order chi connectivity index (χ0) is 27.9. The van der Waals surface area contributed by atoms with Crippen LogP contribution in [0.5, 0.6) is 0 Å². The fourth-order valence-corrected chi connectivity index (χ4v) is 4.24. The monoisotopic (exact) mass is 527 g/mol. The van der Waals surface area contributed by atoms with E-state index in [9.17, 15) is 14.4 Å². The number of nitrogens with one attached hydrogen (secondary N) is 2. The molecule has 0 spiro atoms. The number of anilines is 1. The second-order valence-electron chi connectivity index (χ2n) is 10.5. The van der Waals surface area contributed by atoms with Gasteiger partial charge in [0, 0.05) is 17.5 Å². The van der Waals surface area contributed by atoms with Crippen LogP contribution in [0.3, 0.4) is 0 Å². The van der Waals surface area contributed by atoms with Gasteiger partial charge in [-0.25, -0.2) is 4.79 Å². The van der Waals surface area contributed by atoms with Gasteiger partial charge in [-0.1, -0.05) is 48.9 Å². The Kier molecular flexibility index (Phi) is 10.6. The maximum Gasteiger partial charge on any atom is 0.408 e. The van der Waals surface area contributed by atoms with E-state index in [1.54, 1.807) is 25.7 Å². The third kappa shape index (κ3) is 8.25. The number of nitrogens with zero attached hydrogens (tertiary/aromatic N) is 1. The predicted molar refractivity (Wildman–Crippen MR) is 152 cm³/mol. The topological polar surface area (TPSA) is 87.7 Å². The van der Waals surface area contributed by atoms with E-state index in [1.807, 2.05) is 77.1 Å². The number of hydrogen-bond acceptors (Lipinski definition) is 5. The molecule has 0 heterocycles. The van der Waals surface area contributed by atoms with Gasteiger partial charge in [-0.2, -0.15) is 12.6 Å². The number of para-hydroxylation sites is 1. The van der Waals surface area contributed by atoms with E-state index in [1.165, 1.54) is 0 Å². The standard InChI is InChI=1S/C29H41N3O4S/c1-9-21(5)32(27(34)24(17-37)31-28(35)36-29(6,7)8)25(22-16-18(2)14-15-19(22)3)26(33)30-23-13-11-10-12-20(23)4/h10-16,21,24-25,37H,9,17H2,1-8H3,(H,30,33)(H,31,35). The van der Waals surface area contributed by atoms with Crippen molar-refractivity contribution < 1.29 is 19.1 Å². The number of ether oxygens (including phenoxy) is 1. The molecular weight excluding hydrogens is 486 g/mol. The first-order valence-corrected chi connectivity index (χ1v) is 13.3. The zero-order valence-electron chi connectivity index (χ0n) is 23.2. The quantitative estimate of drug-likeness (QED) is 0.363. The molecule has 0 saturated carbocycles. The first-order chi connectivity index (χ1) is 17.3. The molecule has 2 N–H and O–H groups in total. The minimum atomic E-state index is -0.980. The number of rotatable bonds is 9. The number of alkyl carbamates (subject to hydrolysis) is 1. The Morgan fingerprint density at radius 1 is 1.03 bits per heavy atom. The number of amides is 3. The van der Waals surface area contributed by atoms with Crippen molar-refractivity contribution in [2.45, 2.75) is 85.5 Å². The van der Waals surface area contributed by atoms with Crippen LogP contribution >= 0.6 is 12.6 Å². The summed E-state index contributed by atoms with van der Waals surface area (Å²) in [6.45, 7) is 14.9. The van der Waals surface area contributed by atoms with Crippen LogP contribution < -0.4 is 10.6 Å². The van der Waals surface area contributed by atoms with Crippen LogP contribution in [0.25, 0.3) is 0 Å². The number of aryl methyl sites for hydroxylation is 3. The third-order valence-electron chi connectivity index (χ3n) is 6.15. The molecule has 0 aliphatic heterocycles. The van der Waals surface area contributed by atoms with Gasteiger partial charge in [0.2, 0.25) is 5.91 Å². The van der Waals surface area contributed by atoms with Crippen molar-refractivity contribution in [1.82, 2.24) is 10.2 Å². The maximum absolute atomic E-state index is 14.0. The molecule has 3 unspecified atom stereocenters. The van der Waals surface area contributed by atoms with Crippen molar-refractivity contribution in [2.24, 2.45) is 0 Å². The fraction of sp³-hybridized carbons (Fsp3) is 0.483. The Balaban J connectivity index is 2.58. The molecule has 2 aromatic carbocycles. The van der Waals surface area contributed by atoms with Crippen molar-refractivity contribution in [3.8, 4) is 0 Å². The van der Waals surface area contributed by atoms with Gasteiger partial charge in [0.05, 0.1) is 0 Å². The van der Waals surface area contributed by atoms with E-state index in [0.717, 1.165) is 22.3 Å². The van der Waals surface area contributed by atoms with Crippen molar-refractivity contribution in [2.75, 3.05) is 11.1 Å². The fourth-order valence-electron chi connectivity index (χ4n) is 4.00. The Morgan fingerprint density at radius 2 is 1.68 bits per heavy atom. The summed E-state index contributed by atoms with van der Waals surface area (Å²) in [5.74, 6) is -0.683. The normalized spacial score (nSPS) is 13.8. The molecule has 0 aliphatic carbocycles. The Labute approximate surface area is 226 Å². The molecule has 2 rings (SSSR count). The Morgan fingerprint density at radius 3 is 2.24 bits per heavy atom. The maximum atomic E-state index is 14.0. The third-order valence-corrected chi connectivity index (χ3v) is 6.52. The zero-order valence-corrected chi connectivity index (χ0v) is 24.1. The molecule has 0 fully saturated rings. The van der Waals surface area contributed by atoms with E-state index < -0.39 is 29.7 Å². The molecule has 8 heteroatoms. The van der Waals surface area contributed by atoms with Crippen molar-refractivity contribution in [3.63, 3.8) is 0 Å². The van der Waals surface area contributed by atoms with Crippen LogP contribution in [-0.4, -0.2) is 46.2 Å². The second kappa shape index (κ2) is 13.0. The largest absolute Gasteiger partial charge is 0.444 e. The second-order valence-corrected chi connectivity index (χ2v) is 10.8. The number of hydrogen-bond donors (Lipinski definition) is 3. The number of benzene rings is 2. The summed E-state index contributed by atoms with van der Waals surface area (Å²) >= 11 is 4.35. The van der Waals surface area contributed by atoms with Gasteiger partial charge < -0.3 is 20.3 Å². The Bertz CT molecular complexity index is 1110. The molecule has 0 radical (unpaired) electrons.